The van der Waals surface area contributed by atoms with Crippen LogP contribution in [0.1, 0.15) is 65.8 Å². The van der Waals surface area contributed by atoms with Crippen LogP contribution in [-0.4, -0.2) is 59.9 Å². The summed E-state index contributed by atoms with van der Waals surface area (Å²) in [4.78, 5) is 30.3. The molecule has 0 bridgehead atoms. The van der Waals surface area contributed by atoms with Crippen LogP contribution in [0.15, 0.2) is 72.8 Å². The standard InChI is InChI=1S/C36H43ClN4O2/c37-31-13-11-26(12-14-31)22-32(39-36(43)34-23-28-6-1-2-7-29(28)24-38-34)17-21-40-19-15-27(16-20-40)33-9-4-3-8-30(33)25-41-18-5-10-35(41)42/h1-4,6-9,11-14,27,32,34,38H,5,10,15-25H2,(H,39,43)/t32-,34+/m0/s1. The fourth-order valence-corrected chi connectivity index (χ4v) is 7.16. The van der Waals surface area contributed by atoms with E-state index in [9.17, 15) is 9.59 Å². The molecule has 2 amide bonds. The van der Waals surface area contributed by atoms with Crippen LogP contribution in [-0.2, 0) is 35.5 Å². The third-order valence-corrected chi connectivity index (χ3v) is 9.80. The molecule has 3 aromatic rings. The lowest BCUT2D eigenvalue weighted by atomic mass is 9.86. The highest BCUT2D eigenvalue weighted by molar-refractivity contribution is 6.30. The van der Waals surface area contributed by atoms with Crippen LogP contribution < -0.4 is 10.6 Å². The van der Waals surface area contributed by atoms with Crippen LogP contribution in [0.4, 0.5) is 0 Å². The lowest BCUT2D eigenvalue weighted by Crippen LogP contribution is -2.51. The molecule has 0 spiro atoms. The van der Waals surface area contributed by atoms with Gasteiger partial charge in [-0.3, -0.25) is 9.59 Å². The summed E-state index contributed by atoms with van der Waals surface area (Å²) in [5.41, 5.74) is 6.44. The molecule has 3 aliphatic rings. The Labute approximate surface area is 260 Å². The highest BCUT2D eigenvalue weighted by atomic mass is 35.5. The van der Waals surface area contributed by atoms with E-state index in [2.05, 4.69) is 76.2 Å². The van der Waals surface area contributed by atoms with Crippen LogP contribution in [0, 0.1) is 0 Å². The van der Waals surface area contributed by atoms with Gasteiger partial charge in [0.2, 0.25) is 11.8 Å². The number of hydrogen-bond acceptors (Lipinski definition) is 4. The van der Waals surface area contributed by atoms with Gasteiger partial charge in [-0.05, 0) is 97.5 Å². The first-order chi connectivity index (χ1) is 21.0. The number of nitrogens with one attached hydrogen (secondary N) is 2. The van der Waals surface area contributed by atoms with Crippen molar-refractivity contribution in [2.75, 3.05) is 26.2 Å². The number of carbonyl (C=O) groups is 2. The zero-order valence-corrected chi connectivity index (χ0v) is 25.7. The van der Waals surface area contributed by atoms with Gasteiger partial charge in [0, 0.05) is 43.7 Å². The van der Waals surface area contributed by atoms with Crippen molar-refractivity contribution in [2.24, 2.45) is 0 Å². The van der Waals surface area contributed by atoms with Crippen molar-refractivity contribution in [3.05, 3.63) is 106 Å². The average molecular weight is 599 g/mol. The summed E-state index contributed by atoms with van der Waals surface area (Å²) in [5, 5.41) is 7.58. The van der Waals surface area contributed by atoms with Gasteiger partial charge in [-0.1, -0.05) is 72.3 Å². The molecule has 0 aliphatic carbocycles. The number of rotatable bonds is 10. The molecule has 43 heavy (non-hydrogen) atoms. The third-order valence-electron chi connectivity index (χ3n) is 9.55. The first-order valence-electron chi connectivity index (χ1n) is 15.9. The van der Waals surface area contributed by atoms with E-state index >= 15 is 0 Å². The molecule has 0 aromatic heterocycles. The number of hydrogen-bond donors (Lipinski definition) is 2. The van der Waals surface area contributed by atoms with Gasteiger partial charge in [0.1, 0.15) is 0 Å². The maximum atomic E-state index is 13.5. The number of nitrogens with zero attached hydrogens (tertiary/aromatic N) is 2. The van der Waals surface area contributed by atoms with Crippen molar-refractivity contribution in [3.8, 4) is 0 Å². The van der Waals surface area contributed by atoms with Gasteiger partial charge in [0.15, 0.2) is 0 Å². The molecule has 3 aromatic carbocycles. The van der Waals surface area contributed by atoms with Crippen molar-refractivity contribution in [1.82, 2.24) is 20.4 Å². The number of likely N-dealkylation sites (tertiary alicyclic amines) is 2. The second-order valence-corrected chi connectivity index (χ2v) is 12.9. The van der Waals surface area contributed by atoms with E-state index in [1.165, 1.54) is 27.8 Å². The first kappa shape index (κ1) is 29.9. The van der Waals surface area contributed by atoms with Gasteiger partial charge < -0.3 is 20.4 Å². The predicted octanol–water partition coefficient (Wildman–Crippen LogP) is 5.47. The fourth-order valence-electron chi connectivity index (χ4n) is 7.03. The molecule has 2 saturated heterocycles. The highest BCUT2D eigenvalue weighted by Gasteiger charge is 2.28. The normalized spacial score (nSPS) is 20.2. The maximum Gasteiger partial charge on any atom is 0.237 e. The first-order valence-corrected chi connectivity index (χ1v) is 16.3. The molecular weight excluding hydrogens is 556 g/mol. The third kappa shape index (κ3) is 7.67. The van der Waals surface area contributed by atoms with Crippen molar-refractivity contribution < 1.29 is 9.59 Å². The number of halogens is 1. The number of carbonyl (C=O) groups excluding carboxylic acids is 2. The second kappa shape index (κ2) is 14.1. The minimum absolute atomic E-state index is 0.0455. The lowest BCUT2D eigenvalue weighted by molar-refractivity contribution is -0.128. The maximum absolute atomic E-state index is 13.5. The summed E-state index contributed by atoms with van der Waals surface area (Å²) in [6.45, 7) is 5.39. The van der Waals surface area contributed by atoms with Crippen LogP contribution in [0.5, 0.6) is 0 Å². The van der Waals surface area contributed by atoms with Crippen LogP contribution in [0.25, 0.3) is 0 Å². The van der Waals surface area contributed by atoms with E-state index in [1.54, 1.807) is 0 Å². The van der Waals surface area contributed by atoms with Gasteiger partial charge in [-0.15, -0.1) is 0 Å². The molecule has 0 radical (unpaired) electrons. The SMILES string of the molecule is O=C(N[C@@H](CCN1CCC(c2ccccc2CN2CCCC2=O)CC1)Cc1ccc(Cl)cc1)[C@H]1Cc2ccccc2CN1. The Hall–Kier alpha value is -3.19. The minimum Gasteiger partial charge on any atom is -0.352 e. The fraction of sp³-hybridized carbons (Fsp3) is 0.444. The predicted molar refractivity (Wildman–Crippen MR) is 172 cm³/mol. The summed E-state index contributed by atoms with van der Waals surface area (Å²) in [6, 6.07) is 24.9. The Morgan fingerprint density at radius 3 is 2.47 bits per heavy atom. The number of fused-ring (bicyclic) bond motifs is 1. The van der Waals surface area contributed by atoms with E-state index < -0.39 is 0 Å². The molecule has 226 valence electrons. The van der Waals surface area contributed by atoms with Gasteiger partial charge in [-0.25, -0.2) is 0 Å². The van der Waals surface area contributed by atoms with E-state index in [-0.39, 0.29) is 23.9 Å². The molecule has 0 saturated carbocycles. The topological polar surface area (TPSA) is 64.7 Å². The Bertz CT molecular complexity index is 1400. The minimum atomic E-state index is -0.214. The van der Waals surface area contributed by atoms with Gasteiger partial charge >= 0.3 is 0 Å². The summed E-state index contributed by atoms with van der Waals surface area (Å²) in [5.74, 6) is 0.893. The summed E-state index contributed by atoms with van der Waals surface area (Å²) >= 11 is 6.15. The number of piperidine rings is 1. The molecule has 3 aliphatic heterocycles. The number of benzene rings is 3. The zero-order valence-electron chi connectivity index (χ0n) is 24.9. The van der Waals surface area contributed by atoms with E-state index in [1.807, 2.05) is 17.0 Å². The summed E-state index contributed by atoms with van der Waals surface area (Å²) < 4.78 is 0. The van der Waals surface area contributed by atoms with Gasteiger partial charge in [0.25, 0.3) is 0 Å². The Kier molecular flexibility index (Phi) is 9.77. The molecule has 0 unspecified atom stereocenters. The molecule has 2 N–H and O–H groups in total. The van der Waals surface area contributed by atoms with Crippen molar-refractivity contribution in [1.29, 1.82) is 0 Å². The average Bonchev–Trinajstić information content (AvgIpc) is 3.45. The molecule has 2 atom stereocenters. The van der Waals surface area contributed by atoms with Crippen molar-refractivity contribution in [2.45, 2.75) is 76.0 Å². The quantitative estimate of drug-likeness (QED) is 0.325. The summed E-state index contributed by atoms with van der Waals surface area (Å²) in [7, 11) is 0. The molecule has 2 fully saturated rings. The Morgan fingerprint density at radius 1 is 0.953 bits per heavy atom. The van der Waals surface area contributed by atoms with Crippen LogP contribution >= 0.6 is 11.6 Å². The largest absolute Gasteiger partial charge is 0.352 e. The van der Waals surface area contributed by atoms with Crippen molar-refractivity contribution >= 4 is 23.4 Å². The lowest BCUT2D eigenvalue weighted by Gasteiger charge is -2.34. The van der Waals surface area contributed by atoms with E-state index in [0.29, 0.717) is 12.3 Å². The molecule has 3 heterocycles. The highest BCUT2D eigenvalue weighted by Crippen LogP contribution is 2.32. The van der Waals surface area contributed by atoms with E-state index in [0.717, 1.165) is 82.8 Å². The van der Waals surface area contributed by atoms with Gasteiger partial charge in [0.05, 0.1) is 6.04 Å². The molecular formula is C36H43ClN4O2. The number of amides is 2. The zero-order chi connectivity index (χ0) is 29.6. The summed E-state index contributed by atoms with van der Waals surface area (Å²) in [6.07, 6.45) is 6.29. The molecule has 6 nitrogen and oxygen atoms in total. The van der Waals surface area contributed by atoms with Gasteiger partial charge in [-0.2, -0.15) is 0 Å². The molecule has 6 rings (SSSR count). The Balaban J connectivity index is 1.05. The Morgan fingerprint density at radius 2 is 1.70 bits per heavy atom. The van der Waals surface area contributed by atoms with Crippen molar-refractivity contribution in [3.63, 3.8) is 0 Å². The van der Waals surface area contributed by atoms with E-state index in [4.69, 9.17) is 11.6 Å². The van der Waals surface area contributed by atoms with Crippen LogP contribution in [0.2, 0.25) is 5.02 Å². The molecule has 7 heteroatoms. The monoisotopic (exact) mass is 598 g/mol. The smallest absolute Gasteiger partial charge is 0.237 e. The second-order valence-electron chi connectivity index (χ2n) is 12.5. The van der Waals surface area contributed by atoms with Crippen LogP contribution in [0.3, 0.4) is 0 Å².